The Hall–Kier alpha value is -0.350. The van der Waals surface area contributed by atoms with Gasteiger partial charge < -0.3 is 5.32 Å². The summed E-state index contributed by atoms with van der Waals surface area (Å²) >= 11 is 2.35. The monoisotopic (exact) mass is 299 g/mol. The highest BCUT2D eigenvalue weighted by Crippen LogP contribution is 2.11. The van der Waals surface area contributed by atoms with E-state index in [-0.39, 0.29) is 0 Å². The van der Waals surface area contributed by atoms with Gasteiger partial charge in [-0.3, -0.25) is 0 Å². The summed E-state index contributed by atoms with van der Waals surface area (Å²) in [5.41, 5.74) is 1.38. The fraction of sp³-hybridized carbons (Fsp3) is 0.333. The van der Waals surface area contributed by atoms with Crippen molar-refractivity contribution in [2.45, 2.75) is 25.4 Å². The molecule has 74 valence electrons. The maximum Gasteiger partial charge on any atom is 0.0208 e. The Kier molecular flexibility index (Phi) is 3.59. The van der Waals surface area contributed by atoms with Crippen molar-refractivity contribution < 1.29 is 0 Å². The van der Waals surface area contributed by atoms with E-state index in [1.807, 2.05) is 0 Å². The van der Waals surface area contributed by atoms with Crippen LogP contribution in [0.25, 0.3) is 0 Å². The molecule has 0 radical (unpaired) electrons. The third kappa shape index (κ3) is 2.82. The Bertz CT molecular complexity index is 325. The van der Waals surface area contributed by atoms with Crippen LogP contribution < -0.4 is 5.32 Å². The van der Waals surface area contributed by atoms with E-state index in [1.54, 1.807) is 0 Å². The molecule has 0 saturated carbocycles. The van der Waals surface area contributed by atoms with Gasteiger partial charge in [-0.25, -0.2) is 0 Å². The summed E-state index contributed by atoms with van der Waals surface area (Å²) in [7, 11) is 0. The zero-order valence-electron chi connectivity index (χ0n) is 8.04. The van der Waals surface area contributed by atoms with E-state index < -0.39 is 0 Å². The minimum Gasteiger partial charge on any atom is -0.309 e. The lowest BCUT2D eigenvalue weighted by Gasteiger charge is -2.11. The number of hydrogen-bond acceptors (Lipinski definition) is 1. The summed E-state index contributed by atoms with van der Waals surface area (Å²) in [4.78, 5) is 0. The number of hydrogen-bond donors (Lipinski definition) is 1. The highest BCUT2D eigenvalue weighted by molar-refractivity contribution is 14.1. The molecule has 0 unspecified atom stereocenters. The number of benzene rings is 1. The van der Waals surface area contributed by atoms with Crippen LogP contribution in [0.3, 0.4) is 0 Å². The summed E-state index contributed by atoms with van der Waals surface area (Å²) in [6.45, 7) is 0.989. The number of nitrogens with one attached hydrogen (secondary N) is 1. The van der Waals surface area contributed by atoms with E-state index in [4.69, 9.17) is 0 Å². The molecule has 1 N–H and O–H groups in total. The van der Waals surface area contributed by atoms with Gasteiger partial charge in [-0.15, -0.1) is 0 Å². The molecule has 2 heteroatoms. The minimum absolute atomic E-state index is 0.660. The Labute approximate surface area is 98.7 Å². The lowest BCUT2D eigenvalue weighted by molar-refractivity contribution is 0.538. The van der Waals surface area contributed by atoms with Crippen LogP contribution >= 0.6 is 22.6 Å². The Morgan fingerprint density at radius 1 is 1.29 bits per heavy atom. The summed E-state index contributed by atoms with van der Waals surface area (Å²) < 4.78 is 1.31. The fourth-order valence-corrected chi connectivity index (χ4v) is 2.30. The average Bonchev–Trinajstić information content (AvgIpc) is 2.67. The molecule has 0 spiro atoms. The van der Waals surface area contributed by atoms with Crippen molar-refractivity contribution in [3.05, 3.63) is 45.6 Å². The lowest BCUT2D eigenvalue weighted by Crippen LogP contribution is -2.25. The predicted octanol–water partition coefficient (Wildman–Crippen LogP) is 3.10. The fourth-order valence-electron chi connectivity index (χ4n) is 1.69. The second kappa shape index (κ2) is 4.94. The highest BCUT2D eigenvalue weighted by atomic mass is 127. The molecule has 0 atom stereocenters. The number of rotatable bonds is 3. The molecule has 0 fully saturated rings. The van der Waals surface area contributed by atoms with Crippen molar-refractivity contribution >= 4 is 22.6 Å². The van der Waals surface area contributed by atoms with Crippen molar-refractivity contribution in [1.29, 1.82) is 0 Å². The van der Waals surface area contributed by atoms with Crippen LogP contribution in [0.4, 0.5) is 0 Å². The quantitative estimate of drug-likeness (QED) is 0.668. The smallest absolute Gasteiger partial charge is 0.0208 e. The van der Waals surface area contributed by atoms with Crippen LogP contribution in [0.2, 0.25) is 0 Å². The van der Waals surface area contributed by atoms with Gasteiger partial charge in [0, 0.05) is 16.2 Å². The lowest BCUT2D eigenvalue weighted by atomic mass is 10.2. The number of halogens is 1. The summed E-state index contributed by atoms with van der Waals surface area (Å²) in [5, 5.41) is 3.56. The largest absolute Gasteiger partial charge is 0.309 e. The van der Waals surface area contributed by atoms with Gasteiger partial charge in [-0.05, 0) is 53.1 Å². The zero-order chi connectivity index (χ0) is 9.80. The van der Waals surface area contributed by atoms with Crippen molar-refractivity contribution in [3.63, 3.8) is 0 Å². The van der Waals surface area contributed by atoms with Gasteiger partial charge in [0.25, 0.3) is 0 Å². The van der Waals surface area contributed by atoms with Gasteiger partial charge in [0.05, 0.1) is 0 Å². The first kappa shape index (κ1) is 10.2. The SMILES string of the molecule is Ic1cccc(CNC2CC=CC2)c1. The first-order chi connectivity index (χ1) is 6.84. The predicted molar refractivity (Wildman–Crippen MR) is 68.2 cm³/mol. The second-order valence-electron chi connectivity index (χ2n) is 3.65. The molecule has 0 amide bonds. The van der Waals surface area contributed by atoms with Gasteiger partial charge in [0.2, 0.25) is 0 Å². The maximum absolute atomic E-state index is 3.56. The molecule has 1 aromatic carbocycles. The molecule has 0 bridgehead atoms. The van der Waals surface area contributed by atoms with Crippen LogP contribution in [0, 0.1) is 3.57 Å². The molecule has 0 saturated heterocycles. The van der Waals surface area contributed by atoms with E-state index in [9.17, 15) is 0 Å². The third-order valence-electron chi connectivity index (χ3n) is 2.49. The molecule has 2 rings (SSSR count). The molecule has 1 aromatic rings. The molecule has 1 aliphatic rings. The third-order valence-corrected chi connectivity index (χ3v) is 3.16. The van der Waals surface area contributed by atoms with Crippen molar-refractivity contribution in [1.82, 2.24) is 5.32 Å². The molecule has 14 heavy (non-hydrogen) atoms. The molecule has 1 aliphatic carbocycles. The van der Waals surface area contributed by atoms with E-state index in [0.717, 1.165) is 6.54 Å². The Balaban J connectivity index is 1.85. The zero-order valence-corrected chi connectivity index (χ0v) is 10.2. The summed E-state index contributed by atoms with van der Waals surface area (Å²) in [5.74, 6) is 0. The van der Waals surface area contributed by atoms with E-state index in [0.29, 0.717) is 6.04 Å². The molecule has 1 nitrogen and oxygen atoms in total. The van der Waals surface area contributed by atoms with E-state index in [2.05, 4.69) is 64.3 Å². The van der Waals surface area contributed by atoms with E-state index >= 15 is 0 Å². The molecular formula is C12H14IN. The van der Waals surface area contributed by atoms with Crippen molar-refractivity contribution in [2.24, 2.45) is 0 Å². The van der Waals surface area contributed by atoms with Gasteiger partial charge in [-0.1, -0.05) is 24.3 Å². The second-order valence-corrected chi connectivity index (χ2v) is 4.90. The van der Waals surface area contributed by atoms with Gasteiger partial charge >= 0.3 is 0 Å². The highest BCUT2D eigenvalue weighted by Gasteiger charge is 2.08. The van der Waals surface area contributed by atoms with Gasteiger partial charge in [0.15, 0.2) is 0 Å². The van der Waals surface area contributed by atoms with Crippen LogP contribution in [-0.4, -0.2) is 6.04 Å². The normalized spacial score (nSPS) is 16.4. The first-order valence-corrected chi connectivity index (χ1v) is 6.05. The van der Waals surface area contributed by atoms with Gasteiger partial charge in [0.1, 0.15) is 0 Å². The van der Waals surface area contributed by atoms with E-state index in [1.165, 1.54) is 22.0 Å². The maximum atomic E-state index is 3.56. The first-order valence-electron chi connectivity index (χ1n) is 4.97. The van der Waals surface area contributed by atoms with Gasteiger partial charge in [-0.2, -0.15) is 0 Å². The Morgan fingerprint density at radius 2 is 2.07 bits per heavy atom. The molecular weight excluding hydrogens is 285 g/mol. The van der Waals surface area contributed by atoms with Crippen LogP contribution in [0.15, 0.2) is 36.4 Å². The standard InChI is InChI=1S/C12H14IN/c13-11-5-3-4-10(8-11)9-14-12-6-1-2-7-12/h1-5,8,12,14H,6-7,9H2. The van der Waals surface area contributed by atoms with Crippen LogP contribution in [0.5, 0.6) is 0 Å². The van der Waals surface area contributed by atoms with Crippen molar-refractivity contribution in [3.8, 4) is 0 Å². The van der Waals surface area contributed by atoms with Crippen LogP contribution in [-0.2, 0) is 6.54 Å². The summed E-state index contributed by atoms with van der Waals surface area (Å²) in [6.07, 6.45) is 6.88. The Morgan fingerprint density at radius 3 is 2.79 bits per heavy atom. The molecule has 0 aromatic heterocycles. The topological polar surface area (TPSA) is 12.0 Å². The summed E-state index contributed by atoms with van der Waals surface area (Å²) in [6, 6.07) is 9.31. The van der Waals surface area contributed by atoms with Crippen molar-refractivity contribution in [2.75, 3.05) is 0 Å². The molecule has 0 heterocycles. The van der Waals surface area contributed by atoms with Crippen LogP contribution in [0.1, 0.15) is 18.4 Å². The molecule has 0 aliphatic heterocycles. The minimum atomic E-state index is 0.660. The average molecular weight is 299 g/mol.